The summed E-state index contributed by atoms with van der Waals surface area (Å²) in [5.41, 5.74) is 4.73. The first kappa shape index (κ1) is 13.6. The number of thiocarbonyl (C=S) groups is 1. The van der Waals surface area contributed by atoms with E-state index in [1.54, 1.807) is 12.4 Å². The van der Waals surface area contributed by atoms with Gasteiger partial charge in [0.05, 0.1) is 5.71 Å². The van der Waals surface area contributed by atoms with E-state index in [9.17, 15) is 0 Å². The fourth-order valence-corrected chi connectivity index (χ4v) is 1.26. The highest BCUT2D eigenvalue weighted by Gasteiger charge is 1.98. The van der Waals surface area contributed by atoms with Crippen molar-refractivity contribution in [1.29, 1.82) is 0 Å². The number of nitrogens with zero attached hydrogens (tertiary/aromatic N) is 2. The predicted octanol–water partition coefficient (Wildman–Crippen LogP) is 1.93. The van der Waals surface area contributed by atoms with Gasteiger partial charge >= 0.3 is 0 Å². The summed E-state index contributed by atoms with van der Waals surface area (Å²) in [5.74, 6) is 0.556. The number of aromatic nitrogens is 1. The van der Waals surface area contributed by atoms with Crippen molar-refractivity contribution in [2.24, 2.45) is 11.0 Å². The van der Waals surface area contributed by atoms with Crippen LogP contribution < -0.4 is 10.7 Å². The van der Waals surface area contributed by atoms with Gasteiger partial charge in [-0.2, -0.15) is 5.10 Å². The Morgan fingerprint density at radius 2 is 2.06 bits per heavy atom. The zero-order chi connectivity index (χ0) is 12.7. The summed E-state index contributed by atoms with van der Waals surface area (Å²) in [6.45, 7) is 7.02. The Kier molecular flexibility index (Phi) is 5.56. The second kappa shape index (κ2) is 6.96. The van der Waals surface area contributed by atoms with Crippen LogP contribution in [0.4, 0.5) is 0 Å². The molecule has 17 heavy (non-hydrogen) atoms. The van der Waals surface area contributed by atoms with E-state index < -0.39 is 0 Å². The molecule has 0 bridgehead atoms. The summed E-state index contributed by atoms with van der Waals surface area (Å²) in [7, 11) is 0. The highest BCUT2D eigenvalue weighted by Crippen LogP contribution is 1.97. The summed E-state index contributed by atoms with van der Waals surface area (Å²) in [5, 5.41) is 7.85. The zero-order valence-corrected chi connectivity index (χ0v) is 11.2. The van der Waals surface area contributed by atoms with Crippen molar-refractivity contribution < 1.29 is 0 Å². The predicted molar refractivity (Wildman–Crippen MR) is 75.0 cm³/mol. The van der Waals surface area contributed by atoms with Crippen molar-refractivity contribution in [3.63, 3.8) is 0 Å². The molecule has 0 spiro atoms. The molecule has 0 aliphatic carbocycles. The molecule has 0 unspecified atom stereocenters. The Bertz CT molecular complexity index is 387. The van der Waals surface area contributed by atoms with E-state index in [1.807, 2.05) is 19.1 Å². The molecule has 92 valence electrons. The molecule has 1 aromatic heterocycles. The van der Waals surface area contributed by atoms with E-state index >= 15 is 0 Å². The van der Waals surface area contributed by atoms with Gasteiger partial charge in [-0.1, -0.05) is 13.8 Å². The van der Waals surface area contributed by atoms with Crippen molar-refractivity contribution in [2.45, 2.75) is 20.8 Å². The van der Waals surface area contributed by atoms with E-state index in [4.69, 9.17) is 12.2 Å². The lowest BCUT2D eigenvalue weighted by Gasteiger charge is -2.09. The minimum absolute atomic E-state index is 0.548. The Morgan fingerprint density at radius 3 is 2.65 bits per heavy atom. The van der Waals surface area contributed by atoms with Crippen molar-refractivity contribution in [2.75, 3.05) is 6.54 Å². The molecule has 0 atom stereocenters. The number of rotatable bonds is 4. The summed E-state index contributed by atoms with van der Waals surface area (Å²) in [4.78, 5) is 3.96. The Hall–Kier alpha value is -1.49. The number of hydrogen-bond donors (Lipinski definition) is 2. The zero-order valence-electron chi connectivity index (χ0n) is 10.4. The topological polar surface area (TPSA) is 49.3 Å². The maximum atomic E-state index is 5.10. The molecule has 1 rings (SSSR count). The minimum Gasteiger partial charge on any atom is -0.361 e. The highest BCUT2D eigenvalue weighted by molar-refractivity contribution is 7.80. The van der Waals surface area contributed by atoms with Crippen LogP contribution in [-0.2, 0) is 0 Å². The van der Waals surface area contributed by atoms with Crippen LogP contribution >= 0.6 is 12.2 Å². The van der Waals surface area contributed by atoms with Crippen molar-refractivity contribution >= 4 is 23.0 Å². The average Bonchev–Trinajstić information content (AvgIpc) is 2.34. The molecule has 0 fully saturated rings. The van der Waals surface area contributed by atoms with Crippen molar-refractivity contribution in [1.82, 2.24) is 15.7 Å². The van der Waals surface area contributed by atoms with Crippen LogP contribution in [0.2, 0.25) is 0 Å². The molecule has 0 aliphatic heterocycles. The van der Waals surface area contributed by atoms with Gasteiger partial charge in [0, 0.05) is 24.5 Å². The summed E-state index contributed by atoms with van der Waals surface area (Å²) in [6.07, 6.45) is 3.48. The second-order valence-electron chi connectivity index (χ2n) is 4.15. The summed E-state index contributed by atoms with van der Waals surface area (Å²) < 4.78 is 0. The molecule has 0 amide bonds. The molecule has 1 heterocycles. The van der Waals surface area contributed by atoms with Crippen LogP contribution in [0.3, 0.4) is 0 Å². The lowest BCUT2D eigenvalue weighted by Crippen LogP contribution is -2.34. The molecule has 5 heteroatoms. The monoisotopic (exact) mass is 250 g/mol. The van der Waals surface area contributed by atoms with E-state index in [2.05, 4.69) is 34.7 Å². The third-order valence-electron chi connectivity index (χ3n) is 2.09. The van der Waals surface area contributed by atoms with Gasteiger partial charge < -0.3 is 5.32 Å². The van der Waals surface area contributed by atoms with E-state index in [-0.39, 0.29) is 0 Å². The van der Waals surface area contributed by atoms with Crippen LogP contribution in [-0.4, -0.2) is 22.4 Å². The van der Waals surface area contributed by atoms with Gasteiger partial charge in [0.15, 0.2) is 5.11 Å². The van der Waals surface area contributed by atoms with Gasteiger partial charge in [-0.25, -0.2) is 0 Å². The van der Waals surface area contributed by atoms with Gasteiger partial charge in [0.2, 0.25) is 0 Å². The number of pyridine rings is 1. The highest BCUT2D eigenvalue weighted by atomic mass is 32.1. The SMILES string of the molecule is C/C(=N\NC(=S)NCC(C)C)c1ccncc1. The van der Waals surface area contributed by atoms with Crippen LogP contribution in [0.5, 0.6) is 0 Å². The van der Waals surface area contributed by atoms with Gasteiger partial charge in [-0.3, -0.25) is 10.4 Å². The number of nitrogens with one attached hydrogen (secondary N) is 2. The normalized spacial score (nSPS) is 11.4. The van der Waals surface area contributed by atoms with Crippen molar-refractivity contribution in [3.8, 4) is 0 Å². The standard InChI is InChI=1S/C12H18N4S/c1-9(2)8-14-12(17)16-15-10(3)11-4-6-13-7-5-11/h4-7,9H,8H2,1-3H3,(H2,14,16,17)/b15-10+. The van der Waals surface area contributed by atoms with Gasteiger partial charge in [0.25, 0.3) is 0 Å². The molecule has 0 radical (unpaired) electrons. The summed E-state index contributed by atoms with van der Waals surface area (Å²) >= 11 is 5.10. The fraction of sp³-hybridized carbons (Fsp3) is 0.417. The quantitative estimate of drug-likeness (QED) is 0.487. The first-order valence-corrected chi connectivity index (χ1v) is 5.99. The second-order valence-corrected chi connectivity index (χ2v) is 4.56. The Labute approximate surface area is 108 Å². The van der Waals surface area contributed by atoms with Gasteiger partial charge in [-0.05, 0) is 37.2 Å². The number of hydrogen-bond acceptors (Lipinski definition) is 3. The van der Waals surface area contributed by atoms with Crippen LogP contribution in [0, 0.1) is 5.92 Å². The molecule has 4 nitrogen and oxygen atoms in total. The average molecular weight is 250 g/mol. The smallest absolute Gasteiger partial charge is 0.186 e. The lowest BCUT2D eigenvalue weighted by atomic mass is 10.2. The maximum Gasteiger partial charge on any atom is 0.186 e. The molecule has 0 aromatic carbocycles. The Balaban J connectivity index is 2.46. The molecule has 2 N–H and O–H groups in total. The number of hydrazone groups is 1. The molecule has 0 saturated carbocycles. The maximum absolute atomic E-state index is 5.10. The molecule has 0 saturated heterocycles. The summed E-state index contributed by atoms with van der Waals surface area (Å²) in [6, 6.07) is 3.82. The Morgan fingerprint density at radius 1 is 1.41 bits per heavy atom. The van der Waals surface area contributed by atoms with E-state index in [1.165, 1.54) is 0 Å². The third-order valence-corrected chi connectivity index (χ3v) is 2.33. The van der Waals surface area contributed by atoms with Crippen LogP contribution in [0.1, 0.15) is 26.3 Å². The third kappa shape index (κ3) is 5.40. The largest absolute Gasteiger partial charge is 0.361 e. The van der Waals surface area contributed by atoms with Crippen LogP contribution in [0.25, 0.3) is 0 Å². The molecule has 1 aromatic rings. The minimum atomic E-state index is 0.548. The fourth-order valence-electron chi connectivity index (χ4n) is 1.13. The lowest BCUT2D eigenvalue weighted by molar-refractivity contribution is 0.621. The van der Waals surface area contributed by atoms with E-state index in [0.717, 1.165) is 17.8 Å². The molecular weight excluding hydrogens is 232 g/mol. The molecular formula is C12H18N4S. The van der Waals surface area contributed by atoms with Crippen LogP contribution in [0.15, 0.2) is 29.6 Å². The first-order chi connectivity index (χ1) is 8.09. The molecule has 0 aliphatic rings. The first-order valence-electron chi connectivity index (χ1n) is 5.58. The van der Waals surface area contributed by atoms with Gasteiger partial charge in [-0.15, -0.1) is 0 Å². The van der Waals surface area contributed by atoms with E-state index in [0.29, 0.717) is 11.0 Å². The van der Waals surface area contributed by atoms with Gasteiger partial charge in [0.1, 0.15) is 0 Å². The van der Waals surface area contributed by atoms with Crippen molar-refractivity contribution in [3.05, 3.63) is 30.1 Å².